The number of hydrogen-bond donors (Lipinski definition) is 0. The molecule has 6 nitrogen and oxygen atoms in total. The van der Waals surface area contributed by atoms with E-state index in [0.29, 0.717) is 16.6 Å². The summed E-state index contributed by atoms with van der Waals surface area (Å²) in [5, 5.41) is -0.0856. The third kappa shape index (κ3) is 5.22. The van der Waals surface area contributed by atoms with Crippen LogP contribution in [-0.4, -0.2) is 28.6 Å². The second-order valence-electron chi connectivity index (χ2n) is 5.54. The van der Waals surface area contributed by atoms with Crippen molar-refractivity contribution in [1.29, 1.82) is 0 Å². The van der Waals surface area contributed by atoms with Gasteiger partial charge in [-0.25, -0.2) is 9.97 Å². The molecule has 3 aromatic rings. The van der Waals surface area contributed by atoms with E-state index >= 15 is 0 Å². The van der Waals surface area contributed by atoms with Crippen molar-refractivity contribution in [2.45, 2.75) is 17.6 Å². The number of rotatable bonds is 7. The molecule has 0 aliphatic heterocycles. The third-order valence-corrected chi connectivity index (χ3v) is 5.77. The number of benzene rings is 1. The minimum absolute atomic E-state index is 0.254. The average Bonchev–Trinajstić information content (AvgIpc) is 3.23. The number of methoxy groups -OCH3 is 2. The van der Waals surface area contributed by atoms with E-state index in [4.69, 9.17) is 21.1 Å². The van der Waals surface area contributed by atoms with Crippen LogP contribution in [0.3, 0.4) is 0 Å². The Morgan fingerprint density at radius 1 is 1.17 bits per heavy atom. The molecule has 0 saturated heterocycles. The number of anilines is 1. The van der Waals surface area contributed by atoms with Crippen LogP contribution in [0.25, 0.3) is 0 Å². The van der Waals surface area contributed by atoms with Gasteiger partial charge in [-0.05, 0) is 30.1 Å². The quantitative estimate of drug-likeness (QED) is 0.347. The van der Waals surface area contributed by atoms with Gasteiger partial charge in [-0.3, -0.25) is 4.31 Å². The predicted molar refractivity (Wildman–Crippen MR) is 106 cm³/mol. The molecule has 0 aliphatic carbocycles. The van der Waals surface area contributed by atoms with Crippen molar-refractivity contribution in [1.82, 2.24) is 14.3 Å². The summed E-state index contributed by atoms with van der Waals surface area (Å²) in [5.74, 6) is 1.20. The van der Waals surface area contributed by atoms with Crippen molar-refractivity contribution in [3.05, 3.63) is 53.1 Å². The zero-order valence-corrected chi connectivity index (χ0v) is 17.5. The lowest BCUT2D eigenvalue weighted by molar-refractivity contribution is -0.137. The molecule has 3 rings (SSSR count). The summed E-state index contributed by atoms with van der Waals surface area (Å²) in [6.45, 7) is 0.289. The maximum Gasteiger partial charge on any atom is 0.419 e. The highest BCUT2D eigenvalue weighted by Gasteiger charge is 2.34. The van der Waals surface area contributed by atoms with Crippen LogP contribution in [0.5, 0.6) is 11.5 Å². The van der Waals surface area contributed by atoms with Gasteiger partial charge in [0.15, 0.2) is 0 Å². The molecule has 1 aromatic carbocycles. The summed E-state index contributed by atoms with van der Waals surface area (Å²) in [7, 11) is 3.07. The van der Waals surface area contributed by atoms with Crippen LogP contribution >= 0.6 is 35.1 Å². The van der Waals surface area contributed by atoms with Crippen molar-refractivity contribution in [3.63, 3.8) is 0 Å². The van der Waals surface area contributed by atoms with Crippen LogP contribution in [0.1, 0.15) is 11.1 Å². The number of ether oxygens (including phenoxy) is 2. The largest absolute Gasteiger partial charge is 0.497 e. The highest BCUT2D eigenvalue weighted by atomic mass is 35.5. The first-order valence-electron chi connectivity index (χ1n) is 7.97. The lowest BCUT2D eigenvalue weighted by atomic mass is 10.2. The maximum absolute atomic E-state index is 13.2. The fraction of sp³-hybridized carbons (Fsp3) is 0.235. The van der Waals surface area contributed by atoms with Crippen LogP contribution < -0.4 is 13.8 Å². The van der Waals surface area contributed by atoms with E-state index in [1.165, 1.54) is 19.6 Å². The van der Waals surface area contributed by atoms with E-state index in [1.807, 2.05) is 6.07 Å². The SMILES string of the molecule is COc1ccc(CN(Sc2cnc(Cl)c(C(F)(F)F)c2)c2ncns2)c(OC)c1. The molecule has 2 heterocycles. The minimum atomic E-state index is -4.60. The third-order valence-electron chi connectivity index (χ3n) is 3.71. The first kappa shape index (κ1) is 21.5. The minimum Gasteiger partial charge on any atom is -0.497 e. The predicted octanol–water partition coefficient (Wildman–Crippen LogP) is 5.34. The summed E-state index contributed by atoms with van der Waals surface area (Å²) >= 11 is 7.77. The Kier molecular flexibility index (Phi) is 6.70. The van der Waals surface area contributed by atoms with Gasteiger partial charge >= 0.3 is 6.18 Å². The number of alkyl halides is 3. The first-order chi connectivity index (χ1) is 13.8. The van der Waals surface area contributed by atoms with Crippen molar-refractivity contribution >= 4 is 40.2 Å². The monoisotopic (exact) mass is 462 g/mol. The molecule has 154 valence electrons. The van der Waals surface area contributed by atoms with Crippen LogP contribution in [-0.2, 0) is 12.7 Å². The molecule has 0 amide bonds. The zero-order valence-electron chi connectivity index (χ0n) is 15.1. The van der Waals surface area contributed by atoms with Crippen LogP contribution in [0, 0.1) is 0 Å². The highest BCUT2D eigenvalue weighted by Crippen LogP contribution is 2.38. The average molecular weight is 463 g/mol. The molecular formula is C17H14ClF3N4O2S2. The summed E-state index contributed by atoms with van der Waals surface area (Å²) in [6, 6.07) is 6.27. The van der Waals surface area contributed by atoms with E-state index in [9.17, 15) is 13.2 Å². The van der Waals surface area contributed by atoms with E-state index in [2.05, 4.69) is 14.3 Å². The van der Waals surface area contributed by atoms with Gasteiger partial charge in [-0.15, -0.1) is 0 Å². The number of nitrogens with zero attached hydrogens (tertiary/aromatic N) is 4. The van der Waals surface area contributed by atoms with Crippen molar-refractivity contribution < 1.29 is 22.6 Å². The molecule has 0 saturated carbocycles. The molecular weight excluding hydrogens is 449 g/mol. The number of halogens is 4. The fourth-order valence-corrected chi connectivity index (χ4v) is 4.07. The van der Waals surface area contributed by atoms with Gasteiger partial charge in [0.1, 0.15) is 23.0 Å². The Balaban J connectivity index is 1.92. The Morgan fingerprint density at radius 2 is 1.97 bits per heavy atom. The van der Waals surface area contributed by atoms with Crippen LogP contribution in [0.4, 0.5) is 18.3 Å². The summed E-state index contributed by atoms with van der Waals surface area (Å²) in [6.07, 6.45) is -1.95. The van der Waals surface area contributed by atoms with Crippen LogP contribution in [0.15, 0.2) is 41.7 Å². The number of aromatic nitrogens is 3. The topological polar surface area (TPSA) is 60.4 Å². The van der Waals surface area contributed by atoms with E-state index in [0.717, 1.165) is 35.1 Å². The standard InChI is InChI=1S/C17H14ClF3N4O2S2/c1-26-11-4-3-10(14(5-11)27-2)8-25(16-23-9-24-28-16)29-12-6-13(17(19,20)21)15(18)22-7-12/h3-7,9H,8H2,1-2H3. The smallest absolute Gasteiger partial charge is 0.419 e. The lowest BCUT2D eigenvalue weighted by Gasteiger charge is -2.22. The second-order valence-corrected chi connectivity index (χ2v) is 7.75. The Labute approximate surface area is 177 Å². The molecule has 0 bridgehead atoms. The molecule has 0 unspecified atom stereocenters. The van der Waals surface area contributed by atoms with E-state index in [-0.39, 0.29) is 11.4 Å². The molecule has 0 aliphatic rings. The van der Waals surface area contributed by atoms with E-state index in [1.54, 1.807) is 23.5 Å². The number of pyridine rings is 1. The van der Waals surface area contributed by atoms with Gasteiger partial charge in [0.25, 0.3) is 0 Å². The maximum atomic E-state index is 13.2. The Morgan fingerprint density at radius 3 is 2.59 bits per heavy atom. The van der Waals surface area contributed by atoms with Gasteiger partial charge in [0.2, 0.25) is 5.13 Å². The van der Waals surface area contributed by atoms with Gasteiger partial charge in [0.05, 0.1) is 26.3 Å². The molecule has 0 spiro atoms. The molecule has 0 radical (unpaired) electrons. The molecule has 0 N–H and O–H groups in total. The molecule has 0 atom stereocenters. The van der Waals surface area contributed by atoms with Gasteiger partial charge < -0.3 is 9.47 Å². The summed E-state index contributed by atoms with van der Waals surface area (Å²) in [5.41, 5.74) is -0.211. The summed E-state index contributed by atoms with van der Waals surface area (Å²) in [4.78, 5) is 8.09. The second kappa shape index (κ2) is 9.06. The van der Waals surface area contributed by atoms with Crippen molar-refractivity contribution in [2.75, 3.05) is 18.5 Å². The number of hydrogen-bond acceptors (Lipinski definition) is 8. The lowest BCUT2D eigenvalue weighted by Crippen LogP contribution is -2.15. The van der Waals surface area contributed by atoms with Crippen molar-refractivity contribution in [2.24, 2.45) is 0 Å². The van der Waals surface area contributed by atoms with Gasteiger partial charge in [0, 0.05) is 34.3 Å². The van der Waals surface area contributed by atoms with Crippen molar-refractivity contribution in [3.8, 4) is 11.5 Å². The van der Waals surface area contributed by atoms with Gasteiger partial charge in [-0.1, -0.05) is 11.6 Å². The Bertz CT molecular complexity index is 974. The summed E-state index contributed by atoms with van der Waals surface area (Å²) < 4.78 is 55.8. The highest BCUT2D eigenvalue weighted by molar-refractivity contribution is 8.00. The molecule has 29 heavy (non-hydrogen) atoms. The van der Waals surface area contributed by atoms with E-state index < -0.39 is 16.9 Å². The Hall–Kier alpha value is -2.24. The first-order valence-corrected chi connectivity index (χ1v) is 9.90. The molecule has 0 fully saturated rings. The molecule has 12 heteroatoms. The van der Waals surface area contributed by atoms with Gasteiger partial charge in [-0.2, -0.15) is 17.5 Å². The molecule has 2 aromatic heterocycles. The zero-order chi connectivity index (χ0) is 21.0. The van der Waals surface area contributed by atoms with Crippen LogP contribution in [0.2, 0.25) is 5.15 Å². The normalized spacial score (nSPS) is 11.4. The fourth-order valence-electron chi connectivity index (χ4n) is 2.36.